The minimum absolute atomic E-state index is 0.0231. The molecule has 1 aromatic heterocycles. The number of amides is 1. The third-order valence-corrected chi connectivity index (χ3v) is 4.63. The van der Waals surface area contributed by atoms with Crippen molar-refractivity contribution in [1.82, 2.24) is 9.97 Å². The predicted octanol–water partition coefficient (Wildman–Crippen LogP) is 1.75. The Morgan fingerprint density at radius 1 is 1.32 bits per heavy atom. The first kappa shape index (κ1) is 21.9. The van der Waals surface area contributed by atoms with Crippen LogP contribution in [-0.4, -0.2) is 53.3 Å². The fourth-order valence-electron chi connectivity index (χ4n) is 2.27. The van der Waals surface area contributed by atoms with Crippen molar-refractivity contribution in [3.8, 4) is 5.88 Å². The van der Waals surface area contributed by atoms with Gasteiger partial charge in [0.15, 0.2) is 5.82 Å². The van der Waals surface area contributed by atoms with Crippen LogP contribution in [0.2, 0.25) is 0 Å². The van der Waals surface area contributed by atoms with Crippen LogP contribution in [0, 0.1) is 6.92 Å². The van der Waals surface area contributed by atoms with Crippen LogP contribution in [0.15, 0.2) is 29.4 Å². The minimum atomic E-state index is -1.45. The highest BCUT2D eigenvalue weighted by Gasteiger charge is 2.25. The molecule has 9 nitrogen and oxygen atoms in total. The van der Waals surface area contributed by atoms with Crippen LogP contribution in [0.25, 0.3) is 0 Å². The van der Waals surface area contributed by atoms with Crippen LogP contribution >= 0.6 is 0 Å². The highest BCUT2D eigenvalue weighted by Crippen LogP contribution is 2.28. The molecule has 0 saturated heterocycles. The van der Waals surface area contributed by atoms with E-state index in [0.717, 1.165) is 5.56 Å². The van der Waals surface area contributed by atoms with Crippen molar-refractivity contribution in [2.24, 2.45) is 5.73 Å². The molecule has 0 bridgehead atoms. The maximum Gasteiger partial charge on any atom is 0.348 e. The number of nitrogens with one attached hydrogen (secondary N) is 1. The number of nitrogens with two attached hydrogens (primary N) is 1. The monoisotopic (exact) mass is 408 g/mol. The molecule has 28 heavy (non-hydrogen) atoms. The zero-order chi connectivity index (χ0) is 20.5. The van der Waals surface area contributed by atoms with Crippen LogP contribution < -0.4 is 15.8 Å². The molecule has 0 fully saturated rings. The second kappa shape index (κ2) is 10.8. The van der Waals surface area contributed by atoms with Crippen LogP contribution in [0.1, 0.15) is 22.8 Å². The number of anilines is 2. The maximum absolute atomic E-state index is 12.3. The quantitative estimate of drug-likeness (QED) is 0.249. The Bertz CT molecular complexity index is 806. The Morgan fingerprint density at radius 2 is 2.11 bits per heavy atom. The van der Waals surface area contributed by atoms with E-state index in [2.05, 4.69) is 15.3 Å². The molecule has 1 atom stereocenters. The minimum Gasteiger partial charge on any atom is -0.609 e. The molecule has 10 heteroatoms. The van der Waals surface area contributed by atoms with Crippen molar-refractivity contribution < 1.29 is 23.6 Å². The molecular weight excluding hydrogens is 384 g/mol. The molecule has 0 spiro atoms. The SMILES string of the molecule is CC[S+]([O-])c1nc(Nc2cccc(C)c2)c(C(N)=O)c(OCCOCOC)n1. The summed E-state index contributed by atoms with van der Waals surface area (Å²) in [5.41, 5.74) is 7.24. The number of aromatic nitrogens is 2. The van der Waals surface area contributed by atoms with Crippen molar-refractivity contribution in [2.45, 2.75) is 19.0 Å². The van der Waals surface area contributed by atoms with Gasteiger partial charge in [-0.1, -0.05) is 12.1 Å². The second-order valence-electron chi connectivity index (χ2n) is 5.69. The molecule has 0 saturated carbocycles. The van der Waals surface area contributed by atoms with Gasteiger partial charge in [-0.25, -0.2) is 0 Å². The Labute approximate surface area is 166 Å². The van der Waals surface area contributed by atoms with E-state index in [1.54, 1.807) is 6.92 Å². The number of carbonyl (C=O) groups is 1. The fourth-order valence-corrected chi connectivity index (χ4v) is 2.90. The summed E-state index contributed by atoms with van der Waals surface area (Å²) in [6.07, 6.45) is 0. The Kier molecular flexibility index (Phi) is 8.45. The van der Waals surface area contributed by atoms with Crippen molar-refractivity contribution >= 4 is 28.6 Å². The smallest absolute Gasteiger partial charge is 0.348 e. The molecular formula is C18H24N4O5S. The molecule has 1 heterocycles. The molecule has 2 aromatic rings. The van der Waals surface area contributed by atoms with E-state index in [-0.39, 0.29) is 42.4 Å². The van der Waals surface area contributed by atoms with E-state index < -0.39 is 17.1 Å². The summed E-state index contributed by atoms with van der Waals surface area (Å²) in [6.45, 7) is 4.10. The Balaban J connectivity index is 2.39. The standard InChI is InChI=1S/C18H24N4O5S/c1-4-28(24)18-21-16(20-13-7-5-6-12(2)10-13)14(15(19)23)17(22-18)27-9-8-26-11-25-3/h5-7,10H,4,8-9,11H2,1-3H3,(H2,19,23)(H,20,21,22). The summed E-state index contributed by atoms with van der Waals surface area (Å²) < 4.78 is 27.8. The highest BCUT2D eigenvalue weighted by molar-refractivity contribution is 7.91. The molecule has 0 aliphatic rings. The van der Waals surface area contributed by atoms with Crippen LogP contribution in [-0.2, 0) is 20.6 Å². The van der Waals surface area contributed by atoms with E-state index in [1.165, 1.54) is 7.11 Å². The molecule has 1 unspecified atom stereocenters. The average Bonchev–Trinajstić information content (AvgIpc) is 2.66. The van der Waals surface area contributed by atoms with E-state index in [4.69, 9.17) is 19.9 Å². The number of rotatable bonds is 11. The van der Waals surface area contributed by atoms with Gasteiger partial charge in [-0.2, -0.15) is 4.98 Å². The number of carbonyl (C=O) groups excluding carboxylic acids is 1. The van der Waals surface area contributed by atoms with Gasteiger partial charge < -0.3 is 29.8 Å². The predicted molar refractivity (Wildman–Crippen MR) is 105 cm³/mol. The average molecular weight is 408 g/mol. The van der Waals surface area contributed by atoms with Crippen LogP contribution in [0.4, 0.5) is 11.5 Å². The summed E-state index contributed by atoms with van der Waals surface area (Å²) in [5, 5.41) is 3.10. The number of hydrogen-bond donors (Lipinski definition) is 2. The van der Waals surface area contributed by atoms with Crippen LogP contribution in [0.5, 0.6) is 5.88 Å². The van der Waals surface area contributed by atoms with Gasteiger partial charge in [0.25, 0.3) is 5.91 Å². The number of primary amides is 1. The maximum atomic E-state index is 12.3. The number of aryl methyl sites for hydroxylation is 1. The van der Waals surface area contributed by atoms with Crippen molar-refractivity contribution in [2.75, 3.05) is 38.2 Å². The van der Waals surface area contributed by atoms with Gasteiger partial charge in [0.05, 0.1) is 6.61 Å². The molecule has 0 aliphatic carbocycles. The fraction of sp³-hybridized carbons (Fsp3) is 0.389. The topological polar surface area (TPSA) is 132 Å². The summed E-state index contributed by atoms with van der Waals surface area (Å²) in [4.78, 5) is 20.5. The zero-order valence-corrected chi connectivity index (χ0v) is 16.9. The van der Waals surface area contributed by atoms with Gasteiger partial charge in [0.1, 0.15) is 24.7 Å². The number of nitrogens with zero attached hydrogens (tertiary/aromatic N) is 2. The first-order valence-electron chi connectivity index (χ1n) is 8.59. The molecule has 2 rings (SSSR count). The number of methoxy groups -OCH3 is 1. The summed E-state index contributed by atoms with van der Waals surface area (Å²) >= 11 is -1.45. The van der Waals surface area contributed by atoms with Crippen molar-refractivity contribution in [3.05, 3.63) is 35.4 Å². The lowest BCUT2D eigenvalue weighted by atomic mass is 10.2. The van der Waals surface area contributed by atoms with Gasteiger partial charge in [-0.05, 0) is 31.5 Å². The lowest BCUT2D eigenvalue weighted by Crippen LogP contribution is -2.21. The number of ether oxygens (including phenoxy) is 3. The third-order valence-electron chi connectivity index (χ3n) is 3.52. The molecule has 152 valence electrons. The first-order valence-corrected chi connectivity index (χ1v) is 9.91. The molecule has 1 amide bonds. The summed E-state index contributed by atoms with van der Waals surface area (Å²) in [6, 6.07) is 7.49. The van der Waals surface area contributed by atoms with Gasteiger partial charge in [0.2, 0.25) is 5.88 Å². The first-order chi connectivity index (χ1) is 13.5. The van der Waals surface area contributed by atoms with E-state index in [0.29, 0.717) is 11.4 Å². The largest absolute Gasteiger partial charge is 0.609 e. The lowest BCUT2D eigenvalue weighted by molar-refractivity contribution is -0.0391. The van der Waals surface area contributed by atoms with Crippen molar-refractivity contribution in [3.63, 3.8) is 0 Å². The van der Waals surface area contributed by atoms with E-state index >= 15 is 0 Å². The van der Waals surface area contributed by atoms with E-state index in [9.17, 15) is 9.35 Å². The Morgan fingerprint density at radius 3 is 2.75 bits per heavy atom. The number of hydrogen-bond acceptors (Lipinski definition) is 8. The van der Waals surface area contributed by atoms with E-state index in [1.807, 2.05) is 31.2 Å². The van der Waals surface area contributed by atoms with Gasteiger partial charge in [0, 0.05) is 24.0 Å². The van der Waals surface area contributed by atoms with Gasteiger partial charge in [-0.3, -0.25) is 4.79 Å². The molecule has 3 N–H and O–H groups in total. The summed E-state index contributed by atoms with van der Waals surface area (Å²) in [5.74, 6) is -0.360. The normalized spacial score (nSPS) is 11.9. The lowest BCUT2D eigenvalue weighted by Gasteiger charge is -2.16. The third kappa shape index (κ3) is 6.06. The number of benzene rings is 1. The summed E-state index contributed by atoms with van der Waals surface area (Å²) in [7, 11) is 1.51. The zero-order valence-electron chi connectivity index (χ0n) is 16.1. The molecule has 0 aliphatic heterocycles. The molecule has 1 aromatic carbocycles. The van der Waals surface area contributed by atoms with Crippen molar-refractivity contribution in [1.29, 1.82) is 0 Å². The molecule has 0 radical (unpaired) electrons. The Hall–Kier alpha value is -2.40. The highest BCUT2D eigenvalue weighted by atomic mass is 32.2. The van der Waals surface area contributed by atoms with Gasteiger partial charge in [-0.15, -0.1) is 4.98 Å². The second-order valence-corrected chi connectivity index (χ2v) is 7.32. The van der Waals surface area contributed by atoms with Gasteiger partial charge >= 0.3 is 5.16 Å². The van der Waals surface area contributed by atoms with Crippen LogP contribution in [0.3, 0.4) is 0 Å².